The topological polar surface area (TPSA) is 89.0 Å². The van der Waals surface area contributed by atoms with Gasteiger partial charge in [0, 0.05) is 5.56 Å². The Balaban J connectivity index is 1.73. The second-order valence-electron chi connectivity index (χ2n) is 9.59. The Morgan fingerprint density at radius 1 is 1.02 bits per heavy atom. The number of nitrogens with zero attached hydrogens (tertiary/aromatic N) is 2. The number of hydrogen-bond donors (Lipinski definition) is 1. The van der Waals surface area contributed by atoms with E-state index in [9.17, 15) is 19.1 Å². The lowest BCUT2D eigenvalue weighted by atomic mass is 9.95. The summed E-state index contributed by atoms with van der Waals surface area (Å²) in [5.41, 5.74) is 3.37. The summed E-state index contributed by atoms with van der Waals surface area (Å²) in [7, 11) is 0. The molecule has 40 heavy (non-hydrogen) atoms. The SMILES string of the molecule is CCCOc1ccc(C2/C(=C(\O)c3ccc(F)cc3)C(=O)C(=O)N2c2nc3c(C)cc(C)cc3s2)cc1OCC. The van der Waals surface area contributed by atoms with Gasteiger partial charge in [-0.05, 0) is 86.3 Å². The van der Waals surface area contributed by atoms with Gasteiger partial charge in [-0.2, -0.15) is 0 Å². The molecule has 0 aliphatic carbocycles. The normalized spacial score (nSPS) is 16.6. The minimum absolute atomic E-state index is 0.117. The molecule has 1 unspecified atom stereocenters. The highest BCUT2D eigenvalue weighted by atomic mass is 32.1. The number of halogens is 1. The van der Waals surface area contributed by atoms with Crippen molar-refractivity contribution in [3.63, 3.8) is 0 Å². The predicted octanol–water partition coefficient (Wildman–Crippen LogP) is 6.87. The van der Waals surface area contributed by atoms with E-state index in [1.165, 1.54) is 40.5 Å². The molecule has 1 saturated heterocycles. The van der Waals surface area contributed by atoms with Gasteiger partial charge in [-0.25, -0.2) is 9.37 Å². The Bertz CT molecular complexity index is 1640. The summed E-state index contributed by atoms with van der Waals surface area (Å²) in [5, 5.41) is 11.7. The number of aliphatic hydroxyl groups is 1. The van der Waals surface area contributed by atoms with Gasteiger partial charge in [0.1, 0.15) is 11.6 Å². The summed E-state index contributed by atoms with van der Waals surface area (Å²) in [6, 6.07) is 13.3. The molecule has 3 aromatic carbocycles. The van der Waals surface area contributed by atoms with Crippen molar-refractivity contribution in [2.45, 2.75) is 40.2 Å². The first-order chi connectivity index (χ1) is 19.2. The van der Waals surface area contributed by atoms with Crippen LogP contribution in [0.15, 0.2) is 60.2 Å². The minimum Gasteiger partial charge on any atom is -0.507 e. The predicted molar refractivity (Wildman–Crippen MR) is 154 cm³/mol. The van der Waals surface area contributed by atoms with E-state index in [-0.39, 0.29) is 11.1 Å². The molecule has 1 atom stereocenters. The van der Waals surface area contributed by atoms with Gasteiger partial charge in [0.2, 0.25) is 0 Å². The Kier molecular flexibility index (Phi) is 7.58. The van der Waals surface area contributed by atoms with Crippen LogP contribution in [0.25, 0.3) is 16.0 Å². The molecule has 1 fully saturated rings. The van der Waals surface area contributed by atoms with Gasteiger partial charge >= 0.3 is 5.91 Å². The van der Waals surface area contributed by atoms with E-state index in [4.69, 9.17) is 14.5 Å². The molecular weight excluding hydrogens is 531 g/mol. The molecule has 5 rings (SSSR count). The molecule has 0 spiro atoms. The Morgan fingerprint density at radius 3 is 2.48 bits per heavy atom. The number of ketones is 1. The fraction of sp³-hybridized carbons (Fsp3) is 0.258. The lowest BCUT2D eigenvalue weighted by Crippen LogP contribution is -2.29. The zero-order valence-electron chi connectivity index (χ0n) is 22.7. The summed E-state index contributed by atoms with van der Waals surface area (Å²) in [6.45, 7) is 8.65. The third kappa shape index (κ3) is 4.93. The fourth-order valence-electron chi connectivity index (χ4n) is 4.86. The summed E-state index contributed by atoms with van der Waals surface area (Å²) in [6.07, 6.45) is 0.807. The molecule has 1 aliphatic rings. The molecule has 206 valence electrons. The average Bonchev–Trinajstić information content (AvgIpc) is 3.46. The number of ether oxygens (including phenoxy) is 2. The molecule has 1 aromatic heterocycles. The van der Waals surface area contributed by atoms with Crippen LogP contribution < -0.4 is 14.4 Å². The van der Waals surface area contributed by atoms with E-state index < -0.39 is 29.3 Å². The van der Waals surface area contributed by atoms with Crippen LogP contribution >= 0.6 is 11.3 Å². The number of benzene rings is 3. The second-order valence-corrected chi connectivity index (χ2v) is 10.6. The Morgan fingerprint density at radius 2 is 1.77 bits per heavy atom. The van der Waals surface area contributed by atoms with E-state index in [1.54, 1.807) is 18.2 Å². The maximum atomic E-state index is 13.6. The van der Waals surface area contributed by atoms with E-state index in [2.05, 4.69) is 0 Å². The van der Waals surface area contributed by atoms with Crippen molar-refractivity contribution < 1.29 is 28.6 Å². The minimum atomic E-state index is -1.01. The number of carbonyl (C=O) groups is 2. The number of aromatic nitrogens is 1. The number of aryl methyl sites for hydroxylation is 2. The van der Waals surface area contributed by atoms with Crippen LogP contribution in [0.5, 0.6) is 11.5 Å². The molecule has 0 bridgehead atoms. The third-order valence-electron chi connectivity index (χ3n) is 6.63. The van der Waals surface area contributed by atoms with E-state index in [1.807, 2.05) is 39.8 Å². The van der Waals surface area contributed by atoms with Gasteiger partial charge in [-0.15, -0.1) is 0 Å². The highest BCUT2D eigenvalue weighted by Gasteiger charge is 2.48. The Labute approximate surface area is 235 Å². The number of hydrogen-bond acceptors (Lipinski definition) is 7. The molecule has 9 heteroatoms. The van der Waals surface area contributed by atoms with E-state index >= 15 is 0 Å². The molecule has 4 aromatic rings. The van der Waals surface area contributed by atoms with Gasteiger partial charge in [0.05, 0.1) is 35.0 Å². The third-order valence-corrected chi connectivity index (χ3v) is 7.63. The summed E-state index contributed by atoms with van der Waals surface area (Å²) in [5.74, 6) is -1.57. The number of aliphatic hydroxyl groups excluding tert-OH is 1. The lowest BCUT2D eigenvalue weighted by Gasteiger charge is -2.24. The standard InChI is InChI=1S/C31H29FN2O5S/c1-5-13-39-22-12-9-20(16-23(22)38-6-2)27-25(28(35)19-7-10-21(32)11-8-19)29(36)30(37)34(27)31-33-26-18(4)14-17(3)15-24(26)40-31/h7-12,14-16,27,35H,5-6,13H2,1-4H3/b28-25+. The van der Waals surface area contributed by atoms with Crippen molar-refractivity contribution in [2.75, 3.05) is 18.1 Å². The van der Waals surface area contributed by atoms with Crippen LogP contribution in [0.1, 0.15) is 48.6 Å². The molecular formula is C31H29FN2O5S. The maximum absolute atomic E-state index is 13.6. The van der Waals surface area contributed by atoms with Gasteiger partial charge in [0.25, 0.3) is 5.78 Å². The van der Waals surface area contributed by atoms with Crippen LogP contribution in [-0.2, 0) is 9.59 Å². The number of rotatable bonds is 8. The van der Waals surface area contributed by atoms with Crippen LogP contribution in [0, 0.1) is 19.7 Å². The highest BCUT2D eigenvalue weighted by molar-refractivity contribution is 7.22. The Hall–Kier alpha value is -4.24. The van der Waals surface area contributed by atoms with Gasteiger partial charge in [0.15, 0.2) is 16.6 Å². The van der Waals surface area contributed by atoms with E-state index in [0.29, 0.717) is 35.4 Å². The van der Waals surface area contributed by atoms with Crippen molar-refractivity contribution in [3.8, 4) is 11.5 Å². The molecule has 1 amide bonds. The van der Waals surface area contributed by atoms with E-state index in [0.717, 1.165) is 27.8 Å². The first-order valence-electron chi connectivity index (χ1n) is 13.1. The molecule has 1 aliphatic heterocycles. The number of anilines is 1. The van der Waals surface area contributed by atoms with Crippen LogP contribution in [-0.4, -0.2) is 35.0 Å². The molecule has 0 saturated carbocycles. The molecule has 1 N–H and O–H groups in total. The van der Waals surface area contributed by atoms with Crippen LogP contribution in [0.2, 0.25) is 0 Å². The first kappa shape index (κ1) is 27.3. The molecule has 2 heterocycles. The average molecular weight is 561 g/mol. The van der Waals surface area contributed by atoms with Crippen LogP contribution in [0.4, 0.5) is 9.52 Å². The molecule has 0 radical (unpaired) electrons. The maximum Gasteiger partial charge on any atom is 0.301 e. The van der Waals surface area contributed by atoms with Gasteiger partial charge < -0.3 is 14.6 Å². The summed E-state index contributed by atoms with van der Waals surface area (Å²) < 4.78 is 26.2. The summed E-state index contributed by atoms with van der Waals surface area (Å²) >= 11 is 1.30. The zero-order chi connectivity index (χ0) is 28.6. The largest absolute Gasteiger partial charge is 0.507 e. The number of fused-ring (bicyclic) bond motifs is 1. The number of carbonyl (C=O) groups excluding carboxylic acids is 2. The number of amides is 1. The van der Waals surface area contributed by atoms with Crippen molar-refractivity contribution in [3.05, 3.63) is 88.2 Å². The highest BCUT2D eigenvalue weighted by Crippen LogP contribution is 2.46. The molecule has 7 nitrogen and oxygen atoms in total. The van der Waals surface area contributed by atoms with Crippen molar-refractivity contribution in [1.29, 1.82) is 0 Å². The van der Waals surface area contributed by atoms with Gasteiger partial charge in [-0.3, -0.25) is 14.5 Å². The van der Waals surface area contributed by atoms with Crippen molar-refractivity contribution in [2.24, 2.45) is 0 Å². The zero-order valence-corrected chi connectivity index (χ0v) is 23.5. The first-order valence-corrected chi connectivity index (χ1v) is 13.9. The summed E-state index contributed by atoms with van der Waals surface area (Å²) in [4.78, 5) is 33.2. The lowest BCUT2D eigenvalue weighted by molar-refractivity contribution is -0.132. The fourth-order valence-corrected chi connectivity index (χ4v) is 6.03. The smallest absolute Gasteiger partial charge is 0.301 e. The number of thiazole rings is 1. The monoisotopic (exact) mass is 560 g/mol. The van der Waals surface area contributed by atoms with Crippen molar-refractivity contribution in [1.82, 2.24) is 4.98 Å². The van der Waals surface area contributed by atoms with Crippen molar-refractivity contribution >= 4 is 44.1 Å². The van der Waals surface area contributed by atoms with Gasteiger partial charge in [-0.1, -0.05) is 30.4 Å². The van der Waals surface area contributed by atoms with Crippen LogP contribution in [0.3, 0.4) is 0 Å². The quantitative estimate of drug-likeness (QED) is 0.144. The number of Topliss-reactive ketones (excluding diaryl/α,β-unsaturated/α-hetero) is 1. The second kappa shape index (κ2) is 11.1.